The van der Waals surface area contributed by atoms with Crippen molar-refractivity contribution >= 4 is 41.1 Å². The molecule has 2 unspecified atom stereocenters. The summed E-state index contributed by atoms with van der Waals surface area (Å²) < 4.78 is 4.99. The normalized spacial score (nSPS) is 18.1. The van der Waals surface area contributed by atoms with Crippen molar-refractivity contribution in [3.05, 3.63) is 42.5 Å². The van der Waals surface area contributed by atoms with Crippen molar-refractivity contribution in [2.45, 2.75) is 31.3 Å². The monoisotopic (exact) mass is 434 g/mol. The predicted octanol–water partition coefficient (Wildman–Crippen LogP) is 0.989. The maximum atomic E-state index is 12.3. The molecule has 1 aliphatic rings. The van der Waals surface area contributed by atoms with Crippen molar-refractivity contribution in [1.29, 1.82) is 0 Å². The molecule has 1 heterocycles. The van der Waals surface area contributed by atoms with Crippen LogP contribution in [-0.2, 0) is 19.1 Å². The molecule has 0 aliphatic carbocycles. The lowest BCUT2D eigenvalue weighted by molar-refractivity contribution is -0.125. The lowest BCUT2D eigenvalue weighted by Gasteiger charge is -2.30. The number of benzene rings is 1. The van der Waals surface area contributed by atoms with Crippen LogP contribution in [0.25, 0.3) is 0 Å². The van der Waals surface area contributed by atoms with E-state index in [1.54, 1.807) is 37.3 Å². The minimum Gasteiger partial charge on any atom is -0.462 e. The number of para-hydroxylation sites is 1. The summed E-state index contributed by atoms with van der Waals surface area (Å²) in [6, 6.07) is 6.26. The summed E-state index contributed by atoms with van der Waals surface area (Å²) in [4.78, 5) is 48.1. The standard InChI is InChI=1S/C20H26N4O5S/c1-3-9-21-16(25)10-13-11-17(26)24-20(22-13)30-12-18(27)23-15-8-6-5-7-14(15)19(28)29-4-2/h3,5-8,13,20,22H,1,4,9-12H2,2H3,(H,21,25)(H,23,27)(H,24,26). The summed E-state index contributed by atoms with van der Waals surface area (Å²) in [5.74, 6) is -1.19. The highest BCUT2D eigenvalue weighted by Crippen LogP contribution is 2.18. The Bertz CT molecular complexity index is 801. The average molecular weight is 435 g/mol. The Morgan fingerprint density at radius 2 is 2.07 bits per heavy atom. The molecule has 1 aliphatic heterocycles. The third-order valence-electron chi connectivity index (χ3n) is 4.06. The maximum Gasteiger partial charge on any atom is 0.340 e. The second-order valence-corrected chi connectivity index (χ2v) is 7.53. The second-order valence-electron chi connectivity index (χ2n) is 6.44. The number of thioether (sulfide) groups is 1. The number of hydrogen-bond acceptors (Lipinski definition) is 7. The molecule has 0 radical (unpaired) electrons. The van der Waals surface area contributed by atoms with E-state index in [1.165, 1.54) is 11.8 Å². The van der Waals surface area contributed by atoms with E-state index in [0.29, 0.717) is 12.2 Å². The zero-order chi connectivity index (χ0) is 21.9. The molecule has 2 rings (SSSR count). The van der Waals surface area contributed by atoms with Crippen LogP contribution >= 0.6 is 11.8 Å². The predicted molar refractivity (Wildman–Crippen MR) is 115 cm³/mol. The smallest absolute Gasteiger partial charge is 0.340 e. The summed E-state index contributed by atoms with van der Waals surface area (Å²) in [6.45, 7) is 5.84. The van der Waals surface area contributed by atoms with Gasteiger partial charge in [-0.15, -0.1) is 18.3 Å². The van der Waals surface area contributed by atoms with Crippen molar-refractivity contribution in [1.82, 2.24) is 16.0 Å². The largest absolute Gasteiger partial charge is 0.462 e. The Kier molecular flexibility index (Phi) is 9.36. The zero-order valence-electron chi connectivity index (χ0n) is 16.7. The van der Waals surface area contributed by atoms with Gasteiger partial charge in [0.2, 0.25) is 17.7 Å². The molecule has 9 nitrogen and oxygen atoms in total. The van der Waals surface area contributed by atoms with Gasteiger partial charge in [0.15, 0.2) is 0 Å². The zero-order valence-corrected chi connectivity index (χ0v) is 17.6. The highest BCUT2D eigenvalue weighted by atomic mass is 32.2. The third-order valence-corrected chi connectivity index (χ3v) is 5.08. The number of anilines is 1. The van der Waals surface area contributed by atoms with Gasteiger partial charge in [-0.3, -0.25) is 19.7 Å². The number of hydrogen-bond donors (Lipinski definition) is 4. The van der Waals surface area contributed by atoms with E-state index in [2.05, 4.69) is 27.8 Å². The van der Waals surface area contributed by atoms with Crippen LogP contribution in [0.1, 0.15) is 30.1 Å². The van der Waals surface area contributed by atoms with Crippen LogP contribution in [0.2, 0.25) is 0 Å². The number of ether oxygens (including phenoxy) is 1. The van der Waals surface area contributed by atoms with Crippen LogP contribution in [0.15, 0.2) is 36.9 Å². The fourth-order valence-electron chi connectivity index (χ4n) is 2.77. The van der Waals surface area contributed by atoms with E-state index in [-0.39, 0.29) is 54.5 Å². The Labute approximate surface area is 179 Å². The minimum absolute atomic E-state index is 0.0322. The summed E-state index contributed by atoms with van der Waals surface area (Å²) in [7, 11) is 0. The van der Waals surface area contributed by atoms with Gasteiger partial charge in [-0.05, 0) is 19.1 Å². The maximum absolute atomic E-state index is 12.3. The Morgan fingerprint density at radius 3 is 2.80 bits per heavy atom. The van der Waals surface area contributed by atoms with Crippen LogP contribution < -0.4 is 21.3 Å². The number of esters is 1. The molecule has 3 amide bonds. The molecular formula is C20H26N4O5S. The Morgan fingerprint density at radius 1 is 1.30 bits per heavy atom. The summed E-state index contributed by atoms with van der Waals surface area (Å²) in [5, 5.41) is 11.3. The SMILES string of the molecule is C=CCNC(=O)CC1CC(=O)NC(SCC(=O)Nc2ccccc2C(=O)OCC)N1. The van der Waals surface area contributed by atoms with Crippen molar-refractivity contribution in [2.75, 3.05) is 24.2 Å². The molecular weight excluding hydrogens is 408 g/mol. The number of carbonyl (C=O) groups excluding carboxylic acids is 4. The molecule has 1 fully saturated rings. The molecule has 0 saturated carbocycles. The molecule has 4 N–H and O–H groups in total. The van der Waals surface area contributed by atoms with Crippen LogP contribution in [0.4, 0.5) is 5.69 Å². The van der Waals surface area contributed by atoms with Crippen LogP contribution in [-0.4, -0.2) is 54.1 Å². The second kappa shape index (κ2) is 12.0. The summed E-state index contributed by atoms with van der Waals surface area (Å²) in [6.07, 6.45) is 1.91. The molecule has 10 heteroatoms. The number of amides is 3. The van der Waals surface area contributed by atoms with Crippen LogP contribution in [0.5, 0.6) is 0 Å². The Balaban J connectivity index is 1.87. The molecule has 2 atom stereocenters. The number of nitrogens with one attached hydrogen (secondary N) is 4. The van der Waals surface area contributed by atoms with E-state index in [9.17, 15) is 19.2 Å². The fraction of sp³-hybridized carbons (Fsp3) is 0.400. The molecule has 0 bridgehead atoms. The first-order valence-electron chi connectivity index (χ1n) is 9.53. The van der Waals surface area contributed by atoms with E-state index in [4.69, 9.17) is 4.74 Å². The van der Waals surface area contributed by atoms with Gasteiger partial charge < -0.3 is 20.7 Å². The topological polar surface area (TPSA) is 126 Å². The first kappa shape index (κ1) is 23.4. The van der Waals surface area contributed by atoms with Gasteiger partial charge in [0.05, 0.1) is 23.6 Å². The minimum atomic E-state index is -0.514. The molecule has 1 aromatic carbocycles. The molecule has 1 aromatic rings. The highest BCUT2D eigenvalue weighted by molar-refractivity contribution is 8.00. The van der Waals surface area contributed by atoms with Gasteiger partial charge in [-0.1, -0.05) is 18.2 Å². The number of carbonyl (C=O) groups is 4. The number of rotatable bonds is 10. The highest BCUT2D eigenvalue weighted by Gasteiger charge is 2.28. The molecule has 0 spiro atoms. The van der Waals surface area contributed by atoms with Crippen molar-refractivity contribution in [3.63, 3.8) is 0 Å². The van der Waals surface area contributed by atoms with Crippen LogP contribution in [0.3, 0.4) is 0 Å². The fourth-order valence-corrected chi connectivity index (χ4v) is 3.66. The average Bonchev–Trinajstić information content (AvgIpc) is 2.71. The molecule has 30 heavy (non-hydrogen) atoms. The lowest BCUT2D eigenvalue weighted by Crippen LogP contribution is -2.56. The lowest BCUT2D eigenvalue weighted by atomic mass is 10.1. The van der Waals surface area contributed by atoms with Gasteiger partial charge in [0, 0.05) is 25.4 Å². The van der Waals surface area contributed by atoms with Gasteiger partial charge in [0.1, 0.15) is 5.50 Å². The third kappa shape index (κ3) is 7.53. The van der Waals surface area contributed by atoms with Crippen LogP contribution in [0, 0.1) is 0 Å². The van der Waals surface area contributed by atoms with Crippen molar-refractivity contribution < 1.29 is 23.9 Å². The van der Waals surface area contributed by atoms with Gasteiger partial charge >= 0.3 is 5.97 Å². The molecule has 1 saturated heterocycles. The van der Waals surface area contributed by atoms with Gasteiger partial charge in [-0.2, -0.15) is 0 Å². The molecule has 0 aromatic heterocycles. The summed E-state index contributed by atoms with van der Waals surface area (Å²) in [5.41, 5.74) is 0.126. The van der Waals surface area contributed by atoms with E-state index in [0.717, 1.165) is 0 Å². The first-order valence-corrected chi connectivity index (χ1v) is 10.6. The van der Waals surface area contributed by atoms with E-state index < -0.39 is 11.5 Å². The molecule has 162 valence electrons. The van der Waals surface area contributed by atoms with Crippen molar-refractivity contribution in [3.8, 4) is 0 Å². The van der Waals surface area contributed by atoms with E-state index in [1.807, 2.05) is 0 Å². The van der Waals surface area contributed by atoms with E-state index >= 15 is 0 Å². The van der Waals surface area contributed by atoms with Crippen molar-refractivity contribution in [2.24, 2.45) is 0 Å². The van der Waals surface area contributed by atoms with Gasteiger partial charge in [-0.25, -0.2) is 4.79 Å². The van der Waals surface area contributed by atoms with Gasteiger partial charge in [0.25, 0.3) is 0 Å². The Hall–Kier alpha value is -2.85. The summed E-state index contributed by atoms with van der Waals surface area (Å²) >= 11 is 1.18. The quantitative estimate of drug-likeness (QED) is 0.320. The first-order chi connectivity index (χ1) is 14.4.